The van der Waals surface area contributed by atoms with E-state index >= 15 is 0 Å². The van der Waals surface area contributed by atoms with E-state index in [1.807, 2.05) is 44.2 Å². The second kappa shape index (κ2) is 8.19. The minimum absolute atomic E-state index is 0.184. The molecule has 0 atom stereocenters. The molecule has 0 aliphatic carbocycles. The molecule has 0 aliphatic heterocycles. The molecule has 0 aliphatic rings. The number of amides is 2. The molecule has 2 amide bonds. The van der Waals surface area contributed by atoms with Crippen LogP contribution in [-0.2, 0) is 17.9 Å². The zero-order chi connectivity index (χ0) is 16.7. The molecule has 5 heteroatoms. The third-order valence-electron chi connectivity index (χ3n) is 3.16. The van der Waals surface area contributed by atoms with Crippen LogP contribution in [-0.4, -0.2) is 17.2 Å². The number of rotatable bonds is 6. The van der Waals surface area contributed by atoms with Gasteiger partial charge in [0.1, 0.15) is 5.75 Å². The van der Waals surface area contributed by atoms with Crippen LogP contribution in [0.2, 0.25) is 0 Å². The number of anilines is 1. The molecule has 0 saturated heterocycles. The first-order valence-corrected chi connectivity index (χ1v) is 7.56. The molecule has 2 rings (SSSR count). The van der Waals surface area contributed by atoms with Crippen LogP contribution >= 0.6 is 0 Å². The topological polar surface area (TPSA) is 70.6 Å². The number of carbonyl (C=O) groups excluding carboxylic acids is 1. The van der Waals surface area contributed by atoms with Gasteiger partial charge >= 0.3 is 6.03 Å². The first kappa shape index (κ1) is 16.8. The van der Waals surface area contributed by atoms with Crippen molar-refractivity contribution in [2.24, 2.45) is 0 Å². The summed E-state index contributed by atoms with van der Waals surface area (Å²) in [6, 6.07) is 14.0. The summed E-state index contributed by atoms with van der Waals surface area (Å²) in [6.45, 7) is 4.89. The highest BCUT2D eigenvalue weighted by Gasteiger charge is 2.03. The largest absolute Gasteiger partial charge is 0.508 e. The van der Waals surface area contributed by atoms with Gasteiger partial charge < -0.3 is 20.5 Å². The van der Waals surface area contributed by atoms with Crippen LogP contribution in [0.15, 0.2) is 48.5 Å². The van der Waals surface area contributed by atoms with Gasteiger partial charge in [0.2, 0.25) is 0 Å². The Kier molecular flexibility index (Phi) is 6.00. The van der Waals surface area contributed by atoms with Gasteiger partial charge in [0.05, 0.1) is 12.7 Å². The molecule has 23 heavy (non-hydrogen) atoms. The summed E-state index contributed by atoms with van der Waals surface area (Å²) in [7, 11) is 0. The van der Waals surface area contributed by atoms with Crippen molar-refractivity contribution in [3.63, 3.8) is 0 Å². The van der Waals surface area contributed by atoms with Crippen LogP contribution < -0.4 is 10.6 Å². The Morgan fingerprint density at radius 1 is 1.13 bits per heavy atom. The maximum absolute atomic E-state index is 11.9. The van der Waals surface area contributed by atoms with Crippen molar-refractivity contribution in [3.8, 4) is 5.75 Å². The SMILES string of the molecule is CC(C)OCc1ccc(NC(=O)NCc2cccc(O)c2)cc1. The quantitative estimate of drug-likeness (QED) is 0.762. The molecule has 2 aromatic rings. The Morgan fingerprint density at radius 2 is 1.87 bits per heavy atom. The number of phenols is 1. The maximum atomic E-state index is 11.9. The molecule has 122 valence electrons. The number of phenolic OH excluding ortho intramolecular Hbond substituents is 1. The highest BCUT2D eigenvalue weighted by Crippen LogP contribution is 2.12. The number of hydrogen-bond donors (Lipinski definition) is 3. The van der Waals surface area contributed by atoms with Gasteiger partial charge in [-0.2, -0.15) is 0 Å². The van der Waals surface area contributed by atoms with E-state index in [1.165, 1.54) is 0 Å². The van der Waals surface area contributed by atoms with Crippen molar-refractivity contribution in [2.45, 2.75) is 33.1 Å². The molecule has 0 unspecified atom stereocenters. The van der Waals surface area contributed by atoms with Gasteiger partial charge in [0, 0.05) is 12.2 Å². The molecule has 3 N–H and O–H groups in total. The van der Waals surface area contributed by atoms with Gasteiger partial charge in [-0.1, -0.05) is 24.3 Å². The first-order valence-electron chi connectivity index (χ1n) is 7.56. The smallest absolute Gasteiger partial charge is 0.319 e. The molecule has 0 radical (unpaired) electrons. The number of hydrogen-bond acceptors (Lipinski definition) is 3. The van der Waals surface area contributed by atoms with Gasteiger partial charge in [-0.15, -0.1) is 0 Å². The van der Waals surface area contributed by atoms with Crippen molar-refractivity contribution in [1.29, 1.82) is 0 Å². The molecule has 0 bridgehead atoms. The summed E-state index contributed by atoms with van der Waals surface area (Å²) in [5, 5.41) is 14.9. The van der Waals surface area contributed by atoms with Crippen molar-refractivity contribution in [2.75, 3.05) is 5.32 Å². The summed E-state index contributed by atoms with van der Waals surface area (Å²) in [4.78, 5) is 11.9. The summed E-state index contributed by atoms with van der Waals surface area (Å²) in [5.41, 5.74) is 2.61. The normalized spacial score (nSPS) is 10.6. The van der Waals surface area contributed by atoms with E-state index in [2.05, 4.69) is 10.6 Å². The molecule has 0 fully saturated rings. The highest BCUT2D eigenvalue weighted by molar-refractivity contribution is 5.89. The van der Waals surface area contributed by atoms with Gasteiger partial charge in [-0.3, -0.25) is 0 Å². The van der Waals surface area contributed by atoms with Gasteiger partial charge in [-0.05, 0) is 49.2 Å². The number of benzene rings is 2. The minimum atomic E-state index is -0.292. The van der Waals surface area contributed by atoms with Crippen LogP contribution in [0, 0.1) is 0 Å². The Bertz CT molecular complexity index is 639. The summed E-state index contributed by atoms with van der Waals surface area (Å²) in [6.07, 6.45) is 0.191. The molecule has 0 spiro atoms. The third kappa shape index (κ3) is 6.00. The lowest BCUT2D eigenvalue weighted by Gasteiger charge is -2.10. The van der Waals surface area contributed by atoms with Gasteiger partial charge in [0.25, 0.3) is 0 Å². The van der Waals surface area contributed by atoms with Crippen LogP contribution in [0.25, 0.3) is 0 Å². The minimum Gasteiger partial charge on any atom is -0.508 e. The fourth-order valence-electron chi connectivity index (χ4n) is 1.97. The molecule has 0 saturated carbocycles. The van der Waals surface area contributed by atoms with Crippen LogP contribution in [0.5, 0.6) is 5.75 Å². The number of nitrogens with one attached hydrogen (secondary N) is 2. The fourth-order valence-corrected chi connectivity index (χ4v) is 1.97. The van der Waals surface area contributed by atoms with E-state index in [9.17, 15) is 9.90 Å². The Morgan fingerprint density at radius 3 is 2.52 bits per heavy atom. The van der Waals surface area contributed by atoms with E-state index in [0.717, 1.165) is 11.1 Å². The molecule has 0 heterocycles. The Labute approximate surface area is 136 Å². The van der Waals surface area contributed by atoms with Crippen molar-refractivity contribution in [1.82, 2.24) is 5.32 Å². The second-order valence-corrected chi connectivity index (χ2v) is 5.53. The zero-order valence-corrected chi connectivity index (χ0v) is 13.4. The lowest BCUT2D eigenvalue weighted by atomic mass is 10.2. The third-order valence-corrected chi connectivity index (χ3v) is 3.16. The molecular formula is C18H22N2O3. The summed E-state index contributed by atoms with van der Waals surface area (Å²) in [5.74, 6) is 0.184. The average Bonchev–Trinajstić information content (AvgIpc) is 2.52. The number of urea groups is 1. The summed E-state index contributed by atoms with van der Waals surface area (Å²) < 4.78 is 5.53. The van der Waals surface area contributed by atoms with Gasteiger partial charge in [0.15, 0.2) is 0 Å². The predicted molar refractivity (Wildman–Crippen MR) is 90.3 cm³/mol. The number of aromatic hydroxyl groups is 1. The number of carbonyl (C=O) groups is 1. The second-order valence-electron chi connectivity index (χ2n) is 5.53. The maximum Gasteiger partial charge on any atom is 0.319 e. The van der Waals surface area contributed by atoms with Crippen molar-refractivity contribution in [3.05, 3.63) is 59.7 Å². The van der Waals surface area contributed by atoms with E-state index < -0.39 is 0 Å². The average molecular weight is 314 g/mol. The van der Waals surface area contributed by atoms with Crippen LogP contribution in [0.1, 0.15) is 25.0 Å². The Hall–Kier alpha value is -2.53. The standard InChI is InChI=1S/C18H22N2O3/c1-13(2)23-12-14-6-8-16(9-7-14)20-18(22)19-11-15-4-3-5-17(21)10-15/h3-10,13,21H,11-12H2,1-2H3,(H2,19,20,22). The Balaban J connectivity index is 1.80. The van der Waals surface area contributed by atoms with Crippen molar-refractivity contribution >= 4 is 11.7 Å². The van der Waals surface area contributed by atoms with E-state index in [-0.39, 0.29) is 17.9 Å². The fraction of sp³-hybridized carbons (Fsp3) is 0.278. The van der Waals surface area contributed by atoms with Gasteiger partial charge in [-0.25, -0.2) is 4.79 Å². The van der Waals surface area contributed by atoms with Crippen LogP contribution in [0.3, 0.4) is 0 Å². The van der Waals surface area contributed by atoms with Crippen LogP contribution in [0.4, 0.5) is 10.5 Å². The first-order chi connectivity index (χ1) is 11.0. The molecule has 2 aromatic carbocycles. The molecular weight excluding hydrogens is 292 g/mol. The lowest BCUT2D eigenvalue weighted by molar-refractivity contribution is 0.0657. The number of ether oxygens (including phenoxy) is 1. The predicted octanol–water partition coefficient (Wildman–Crippen LogP) is 3.64. The van der Waals surface area contributed by atoms with Crippen molar-refractivity contribution < 1.29 is 14.6 Å². The van der Waals surface area contributed by atoms with E-state index in [4.69, 9.17) is 4.74 Å². The lowest BCUT2D eigenvalue weighted by Crippen LogP contribution is -2.28. The highest BCUT2D eigenvalue weighted by atomic mass is 16.5. The van der Waals surface area contributed by atoms with E-state index in [1.54, 1.807) is 18.2 Å². The summed E-state index contributed by atoms with van der Waals surface area (Å²) >= 11 is 0. The monoisotopic (exact) mass is 314 g/mol. The molecule has 5 nitrogen and oxygen atoms in total. The van der Waals surface area contributed by atoms with E-state index in [0.29, 0.717) is 18.8 Å². The zero-order valence-electron chi connectivity index (χ0n) is 13.4. The molecule has 0 aromatic heterocycles.